The SMILES string of the molecule is COc1ccc([C@H](C)S)cc1. The lowest BCUT2D eigenvalue weighted by Gasteiger charge is -2.04. The lowest BCUT2D eigenvalue weighted by atomic mass is 10.2. The van der Waals surface area contributed by atoms with Crippen LogP contribution < -0.4 is 4.74 Å². The highest BCUT2D eigenvalue weighted by atomic mass is 32.1. The van der Waals surface area contributed by atoms with Crippen LogP contribution in [0.1, 0.15) is 17.7 Å². The normalized spacial score (nSPS) is 12.6. The fraction of sp³-hybridized carbons (Fsp3) is 0.333. The lowest BCUT2D eigenvalue weighted by molar-refractivity contribution is 0.414. The van der Waals surface area contributed by atoms with Crippen molar-refractivity contribution >= 4 is 12.6 Å². The first-order chi connectivity index (χ1) is 5.24. The van der Waals surface area contributed by atoms with E-state index < -0.39 is 0 Å². The van der Waals surface area contributed by atoms with Crippen molar-refractivity contribution in [2.45, 2.75) is 12.2 Å². The zero-order valence-electron chi connectivity index (χ0n) is 6.74. The third-order valence-electron chi connectivity index (χ3n) is 1.60. The Hall–Kier alpha value is -0.630. The van der Waals surface area contributed by atoms with Gasteiger partial charge in [0.2, 0.25) is 0 Å². The number of thiol groups is 1. The maximum Gasteiger partial charge on any atom is 0.118 e. The van der Waals surface area contributed by atoms with Gasteiger partial charge in [0.25, 0.3) is 0 Å². The van der Waals surface area contributed by atoms with E-state index >= 15 is 0 Å². The Balaban J connectivity index is 2.83. The summed E-state index contributed by atoms with van der Waals surface area (Å²) in [4.78, 5) is 0. The fourth-order valence-electron chi connectivity index (χ4n) is 0.882. The van der Waals surface area contributed by atoms with Crippen LogP contribution in [0.3, 0.4) is 0 Å². The van der Waals surface area contributed by atoms with E-state index in [0.29, 0.717) is 5.25 Å². The highest BCUT2D eigenvalue weighted by molar-refractivity contribution is 7.80. The van der Waals surface area contributed by atoms with Crippen LogP contribution in [0.15, 0.2) is 24.3 Å². The molecule has 0 spiro atoms. The highest BCUT2D eigenvalue weighted by Gasteiger charge is 1.98. The topological polar surface area (TPSA) is 9.23 Å². The molecule has 1 atom stereocenters. The first kappa shape index (κ1) is 8.47. The molecule has 1 rings (SSSR count). The summed E-state index contributed by atoms with van der Waals surface area (Å²) in [6.07, 6.45) is 0. The van der Waals surface area contributed by atoms with Gasteiger partial charge in [-0.2, -0.15) is 12.6 Å². The third kappa shape index (κ3) is 2.15. The van der Waals surface area contributed by atoms with Gasteiger partial charge in [0, 0.05) is 5.25 Å². The largest absolute Gasteiger partial charge is 0.497 e. The van der Waals surface area contributed by atoms with Gasteiger partial charge in [0.15, 0.2) is 0 Å². The number of hydrogen-bond acceptors (Lipinski definition) is 2. The molecular weight excluding hydrogens is 156 g/mol. The molecule has 0 aromatic heterocycles. The molecule has 0 N–H and O–H groups in total. The predicted octanol–water partition coefficient (Wildman–Crippen LogP) is 2.69. The molecule has 0 saturated heterocycles. The molecular formula is C9H12OS. The maximum atomic E-state index is 5.02. The van der Waals surface area contributed by atoms with Crippen LogP contribution in [0.25, 0.3) is 0 Å². The van der Waals surface area contributed by atoms with E-state index in [2.05, 4.69) is 12.6 Å². The van der Waals surface area contributed by atoms with Crippen LogP contribution in [-0.4, -0.2) is 7.11 Å². The minimum Gasteiger partial charge on any atom is -0.497 e. The predicted molar refractivity (Wildman–Crippen MR) is 50.4 cm³/mol. The van der Waals surface area contributed by atoms with Gasteiger partial charge in [-0.25, -0.2) is 0 Å². The van der Waals surface area contributed by atoms with Crippen molar-refractivity contribution in [2.24, 2.45) is 0 Å². The Labute approximate surface area is 72.8 Å². The second-order valence-electron chi connectivity index (χ2n) is 2.45. The summed E-state index contributed by atoms with van der Waals surface area (Å²) in [5, 5.41) is 0.293. The molecule has 0 aliphatic carbocycles. The van der Waals surface area contributed by atoms with E-state index in [1.165, 1.54) is 5.56 Å². The summed E-state index contributed by atoms with van der Waals surface area (Å²) in [6, 6.07) is 7.94. The molecule has 0 aliphatic heterocycles. The summed E-state index contributed by atoms with van der Waals surface area (Å²) in [5.41, 5.74) is 1.22. The summed E-state index contributed by atoms with van der Waals surface area (Å²) in [6.45, 7) is 2.05. The van der Waals surface area contributed by atoms with Gasteiger partial charge in [0.1, 0.15) is 5.75 Å². The highest BCUT2D eigenvalue weighted by Crippen LogP contribution is 2.20. The number of ether oxygens (including phenoxy) is 1. The molecule has 0 radical (unpaired) electrons. The quantitative estimate of drug-likeness (QED) is 0.668. The summed E-state index contributed by atoms with van der Waals surface area (Å²) < 4.78 is 5.02. The van der Waals surface area contributed by atoms with Gasteiger partial charge < -0.3 is 4.74 Å². The molecule has 0 unspecified atom stereocenters. The number of methoxy groups -OCH3 is 1. The zero-order valence-corrected chi connectivity index (χ0v) is 7.64. The van der Waals surface area contributed by atoms with Crippen molar-refractivity contribution in [3.8, 4) is 5.75 Å². The smallest absolute Gasteiger partial charge is 0.118 e. The Bertz CT molecular complexity index is 216. The first-order valence-corrected chi connectivity index (χ1v) is 4.07. The molecule has 11 heavy (non-hydrogen) atoms. The van der Waals surface area contributed by atoms with E-state index in [0.717, 1.165) is 5.75 Å². The van der Waals surface area contributed by atoms with Crippen molar-refractivity contribution in [3.05, 3.63) is 29.8 Å². The van der Waals surface area contributed by atoms with Crippen LogP contribution in [0.5, 0.6) is 5.75 Å². The number of benzene rings is 1. The Morgan fingerprint density at radius 1 is 1.27 bits per heavy atom. The van der Waals surface area contributed by atoms with Crippen molar-refractivity contribution in [1.82, 2.24) is 0 Å². The average molecular weight is 168 g/mol. The van der Waals surface area contributed by atoms with E-state index in [-0.39, 0.29) is 0 Å². The maximum absolute atomic E-state index is 5.02. The zero-order chi connectivity index (χ0) is 8.27. The van der Waals surface area contributed by atoms with E-state index in [1.54, 1.807) is 7.11 Å². The average Bonchev–Trinajstić information content (AvgIpc) is 2.05. The van der Waals surface area contributed by atoms with Crippen LogP contribution in [0, 0.1) is 0 Å². The fourth-order valence-corrected chi connectivity index (χ4v) is 1.05. The molecule has 0 bridgehead atoms. The molecule has 0 fully saturated rings. The second kappa shape index (κ2) is 3.67. The summed E-state index contributed by atoms with van der Waals surface area (Å²) in [5.74, 6) is 0.891. The number of rotatable bonds is 2. The Kier molecular flexibility index (Phi) is 2.83. The molecule has 0 heterocycles. The first-order valence-electron chi connectivity index (χ1n) is 3.56. The Morgan fingerprint density at radius 2 is 1.82 bits per heavy atom. The molecule has 2 heteroatoms. The van der Waals surface area contributed by atoms with Gasteiger partial charge in [-0.3, -0.25) is 0 Å². The molecule has 0 saturated carbocycles. The molecule has 1 aromatic rings. The summed E-state index contributed by atoms with van der Waals surface area (Å²) >= 11 is 4.31. The van der Waals surface area contributed by atoms with Crippen LogP contribution >= 0.6 is 12.6 Å². The van der Waals surface area contributed by atoms with Gasteiger partial charge in [-0.05, 0) is 24.6 Å². The van der Waals surface area contributed by atoms with Gasteiger partial charge >= 0.3 is 0 Å². The number of hydrogen-bond donors (Lipinski definition) is 1. The monoisotopic (exact) mass is 168 g/mol. The van der Waals surface area contributed by atoms with Crippen molar-refractivity contribution in [2.75, 3.05) is 7.11 Å². The minimum absolute atomic E-state index is 0.293. The van der Waals surface area contributed by atoms with Crippen molar-refractivity contribution in [1.29, 1.82) is 0 Å². The standard InChI is InChI=1S/C9H12OS/c1-7(11)8-3-5-9(10-2)6-4-8/h3-7,11H,1-2H3/t7-/m0/s1. The molecule has 1 nitrogen and oxygen atoms in total. The van der Waals surface area contributed by atoms with Gasteiger partial charge in [0.05, 0.1) is 7.11 Å². The van der Waals surface area contributed by atoms with E-state index in [4.69, 9.17) is 4.74 Å². The van der Waals surface area contributed by atoms with Crippen LogP contribution in [0.4, 0.5) is 0 Å². The van der Waals surface area contributed by atoms with Crippen LogP contribution in [-0.2, 0) is 0 Å². The van der Waals surface area contributed by atoms with Crippen LogP contribution in [0.2, 0.25) is 0 Å². The van der Waals surface area contributed by atoms with E-state index in [9.17, 15) is 0 Å². The van der Waals surface area contributed by atoms with E-state index in [1.807, 2.05) is 31.2 Å². The van der Waals surface area contributed by atoms with Gasteiger partial charge in [-0.15, -0.1) is 0 Å². The molecule has 1 aromatic carbocycles. The second-order valence-corrected chi connectivity index (χ2v) is 3.22. The minimum atomic E-state index is 0.293. The molecule has 0 aliphatic rings. The molecule has 60 valence electrons. The molecule has 0 amide bonds. The lowest BCUT2D eigenvalue weighted by Crippen LogP contribution is -1.85. The van der Waals surface area contributed by atoms with Crippen molar-refractivity contribution < 1.29 is 4.74 Å². The van der Waals surface area contributed by atoms with Crippen molar-refractivity contribution in [3.63, 3.8) is 0 Å². The third-order valence-corrected chi connectivity index (χ3v) is 1.90. The van der Waals surface area contributed by atoms with Gasteiger partial charge in [-0.1, -0.05) is 12.1 Å². The Morgan fingerprint density at radius 3 is 2.18 bits per heavy atom. The summed E-state index contributed by atoms with van der Waals surface area (Å²) in [7, 11) is 1.67.